The van der Waals surface area contributed by atoms with Gasteiger partial charge in [-0.3, -0.25) is 0 Å². The second-order valence-corrected chi connectivity index (χ2v) is 5.70. The molecule has 0 radical (unpaired) electrons. The molecule has 3 heteroatoms. The second-order valence-electron chi connectivity index (χ2n) is 5.70. The third kappa shape index (κ3) is 3.31. The van der Waals surface area contributed by atoms with Gasteiger partial charge in [-0.05, 0) is 30.3 Å². The fraction of sp³-hybridized carbons (Fsp3) is 0. The van der Waals surface area contributed by atoms with E-state index in [1.165, 1.54) is 12.1 Å². The molecule has 0 aliphatic carbocycles. The van der Waals surface area contributed by atoms with Crippen LogP contribution >= 0.6 is 0 Å². The molecule has 0 fully saturated rings. The minimum atomic E-state index is -0.272. The van der Waals surface area contributed by atoms with Gasteiger partial charge < -0.3 is 0 Å². The number of hydrogen-bond donors (Lipinski definition) is 0. The molecular weight excluding hydrogens is 311 g/mol. The predicted octanol–water partition coefficient (Wildman–Crippen LogP) is 5.62. The molecule has 2 nitrogen and oxygen atoms in total. The van der Waals surface area contributed by atoms with Crippen molar-refractivity contribution in [2.75, 3.05) is 0 Å². The van der Waals surface area contributed by atoms with Gasteiger partial charge in [-0.15, -0.1) is 0 Å². The van der Waals surface area contributed by atoms with Gasteiger partial charge >= 0.3 is 0 Å². The molecule has 0 saturated heterocycles. The van der Waals surface area contributed by atoms with Crippen molar-refractivity contribution in [3.05, 3.63) is 96.8 Å². The Kier molecular flexibility index (Phi) is 4.05. The Labute approximate surface area is 145 Å². The normalized spacial score (nSPS) is 10.6. The van der Waals surface area contributed by atoms with Crippen LogP contribution in [-0.2, 0) is 0 Å². The van der Waals surface area contributed by atoms with Gasteiger partial charge in [-0.2, -0.15) is 0 Å². The number of nitrogens with zero attached hydrogens (tertiary/aromatic N) is 2. The highest BCUT2D eigenvalue weighted by atomic mass is 19.1. The van der Waals surface area contributed by atoms with Crippen LogP contribution in [0.2, 0.25) is 0 Å². The lowest BCUT2D eigenvalue weighted by molar-refractivity contribution is 0.628. The first kappa shape index (κ1) is 15.2. The van der Waals surface area contributed by atoms with E-state index in [0.29, 0.717) is 5.82 Å². The topological polar surface area (TPSA) is 25.8 Å². The van der Waals surface area contributed by atoms with E-state index in [1.807, 2.05) is 66.7 Å². The molecule has 1 heterocycles. The number of hydrogen-bond acceptors (Lipinski definition) is 2. The van der Waals surface area contributed by atoms with E-state index in [4.69, 9.17) is 9.97 Å². The van der Waals surface area contributed by atoms with Gasteiger partial charge in [-0.25, -0.2) is 14.4 Å². The van der Waals surface area contributed by atoms with E-state index in [-0.39, 0.29) is 5.82 Å². The molecule has 1 aromatic heterocycles. The van der Waals surface area contributed by atoms with Gasteiger partial charge in [-0.1, -0.05) is 60.7 Å². The number of benzene rings is 3. The van der Waals surface area contributed by atoms with Crippen molar-refractivity contribution in [3.63, 3.8) is 0 Å². The van der Waals surface area contributed by atoms with Crippen molar-refractivity contribution < 1.29 is 4.39 Å². The summed E-state index contributed by atoms with van der Waals surface area (Å²) in [6.07, 6.45) is 0. The molecule has 120 valence electrons. The van der Waals surface area contributed by atoms with Crippen LogP contribution in [0.3, 0.4) is 0 Å². The van der Waals surface area contributed by atoms with Crippen LogP contribution in [-0.4, -0.2) is 9.97 Å². The Morgan fingerprint density at radius 3 is 1.48 bits per heavy atom. The lowest BCUT2D eigenvalue weighted by atomic mass is 10.1. The quantitative estimate of drug-likeness (QED) is 0.488. The van der Waals surface area contributed by atoms with Crippen molar-refractivity contribution in [2.24, 2.45) is 0 Å². The van der Waals surface area contributed by atoms with Gasteiger partial charge in [0.25, 0.3) is 0 Å². The zero-order chi connectivity index (χ0) is 17.1. The highest BCUT2D eigenvalue weighted by Crippen LogP contribution is 2.27. The molecule has 0 unspecified atom stereocenters. The molecule has 0 saturated carbocycles. The van der Waals surface area contributed by atoms with Gasteiger partial charge in [0, 0.05) is 16.7 Å². The summed E-state index contributed by atoms with van der Waals surface area (Å²) in [5.41, 5.74) is 4.51. The van der Waals surface area contributed by atoms with Crippen molar-refractivity contribution in [3.8, 4) is 33.9 Å². The number of halogens is 1. The predicted molar refractivity (Wildman–Crippen MR) is 98.3 cm³/mol. The minimum absolute atomic E-state index is 0.272. The highest BCUT2D eigenvalue weighted by molar-refractivity contribution is 5.71. The first-order chi connectivity index (χ1) is 12.3. The van der Waals surface area contributed by atoms with Gasteiger partial charge in [0.15, 0.2) is 5.82 Å². The minimum Gasteiger partial charge on any atom is -0.228 e. The van der Waals surface area contributed by atoms with Crippen LogP contribution in [0.5, 0.6) is 0 Å². The Morgan fingerprint density at radius 1 is 0.520 bits per heavy atom. The lowest BCUT2D eigenvalue weighted by Gasteiger charge is -2.09. The maximum Gasteiger partial charge on any atom is 0.160 e. The van der Waals surface area contributed by atoms with Crippen molar-refractivity contribution in [1.82, 2.24) is 9.97 Å². The average Bonchev–Trinajstić information content (AvgIpc) is 2.69. The molecule has 3 aromatic carbocycles. The zero-order valence-corrected chi connectivity index (χ0v) is 13.4. The van der Waals surface area contributed by atoms with E-state index >= 15 is 0 Å². The first-order valence-electron chi connectivity index (χ1n) is 8.05. The number of aromatic nitrogens is 2. The maximum absolute atomic E-state index is 13.3. The molecule has 0 aliphatic heterocycles. The molecular formula is C22H15FN2. The average molecular weight is 326 g/mol. The van der Waals surface area contributed by atoms with Crippen molar-refractivity contribution >= 4 is 0 Å². The van der Waals surface area contributed by atoms with Crippen molar-refractivity contribution in [1.29, 1.82) is 0 Å². The number of rotatable bonds is 3. The Hall–Kier alpha value is -3.33. The standard InChI is InChI=1S/C22H15FN2/c23-19-13-11-18(12-14-19)22-24-20(16-7-3-1-4-8-16)15-21(25-22)17-9-5-2-6-10-17/h1-15H. The molecule has 4 rings (SSSR count). The third-order valence-electron chi connectivity index (χ3n) is 3.97. The molecule has 25 heavy (non-hydrogen) atoms. The van der Waals surface area contributed by atoms with Crippen LogP contribution in [0, 0.1) is 5.82 Å². The first-order valence-corrected chi connectivity index (χ1v) is 8.05. The monoisotopic (exact) mass is 326 g/mol. The molecule has 0 amide bonds. The summed E-state index contributed by atoms with van der Waals surface area (Å²) in [6, 6.07) is 28.2. The van der Waals surface area contributed by atoms with Crippen LogP contribution in [0.25, 0.3) is 33.9 Å². The fourth-order valence-electron chi connectivity index (χ4n) is 2.69. The summed E-state index contributed by atoms with van der Waals surface area (Å²) >= 11 is 0. The lowest BCUT2D eigenvalue weighted by Crippen LogP contribution is -1.95. The largest absolute Gasteiger partial charge is 0.228 e. The molecule has 4 aromatic rings. The Balaban J connectivity index is 1.90. The van der Waals surface area contributed by atoms with Crippen molar-refractivity contribution in [2.45, 2.75) is 0 Å². The van der Waals surface area contributed by atoms with Gasteiger partial charge in [0.05, 0.1) is 11.4 Å². The molecule has 0 atom stereocenters. The Morgan fingerprint density at radius 2 is 1.00 bits per heavy atom. The summed E-state index contributed by atoms with van der Waals surface area (Å²) in [6.45, 7) is 0. The van der Waals surface area contributed by atoms with Gasteiger partial charge in [0.1, 0.15) is 5.82 Å². The molecule has 0 bridgehead atoms. The van der Waals surface area contributed by atoms with Crippen LogP contribution in [0.1, 0.15) is 0 Å². The van der Waals surface area contributed by atoms with E-state index in [2.05, 4.69) is 0 Å². The van der Waals surface area contributed by atoms with E-state index in [0.717, 1.165) is 28.1 Å². The summed E-state index contributed by atoms with van der Waals surface area (Å²) < 4.78 is 13.3. The maximum atomic E-state index is 13.3. The second kappa shape index (κ2) is 6.65. The van der Waals surface area contributed by atoms with Crippen LogP contribution < -0.4 is 0 Å². The SMILES string of the molecule is Fc1ccc(-c2nc(-c3ccccc3)cc(-c3ccccc3)n2)cc1. The van der Waals surface area contributed by atoms with E-state index in [1.54, 1.807) is 12.1 Å². The van der Waals surface area contributed by atoms with Crippen LogP contribution in [0.4, 0.5) is 4.39 Å². The third-order valence-corrected chi connectivity index (χ3v) is 3.97. The van der Waals surface area contributed by atoms with E-state index < -0.39 is 0 Å². The smallest absolute Gasteiger partial charge is 0.160 e. The van der Waals surface area contributed by atoms with Crippen LogP contribution in [0.15, 0.2) is 91.0 Å². The van der Waals surface area contributed by atoms with Gasteiger partial charge in [0.2, 0.25) is 0 Å². The zero-order valence-electron chi connectivity index (χ0n) is 13.4. The summed E-state index contributed by atoms with van der Waals surface area (Å²) in [5, 5.41) is 0. The Bertz CT molecular complexity index is 924. The summed E-state index contributed by atoms with van der Waals surface area (Å²) in [7, 11) is 0. The fourth-order valence-corrected chi connectivity index (χ4v) is 2.69. The molecule has 0 aliphatic rings. The highest BCUT2D eigenvalue weighted by Gasteiger charge is 2.10. The molecule has 0 N–H and O–H groups in total. The summed E-state index contributed by atoms with van der Waals surface area (Å²) in [4.78, 5) is 9.39. The summed E-state index contributed by atoms with van der Waals surface area (Å²) in [5.74, 6) is 0.312. The molecule has 0 spiro atoms. The van der Waals surface area contributed by atoms with E-state index in [9.17, 15) is 4.39 Å².